The maximum atomic E-state index is 7.43. The number of nitriles is 1. The predicted molar refractivity (Wildman–Crippen MR) is 53.7 cm³/mol. The largest absolute Gasteiger partial charge is 0.422 e. The molecule has 0 fully saturated rings. The molecule has 1 aromatic heterocycles. The van der Waals surface area contributed by atoms with Gasteiger partial charge in [0, 0.05) is 14.0 Å². The van der Waals surface area contributed by atoms with Crippen LogP contribution < -0.4 is 4.57 Å². The first-order valence-electron chi connectivity index (χ1n) is 4.19. The van der Waals surface area contributed by atoms with Gasteiger partial charge in [0.05, 0.1) is 13.2 Å². The Morgan fingerprint density at radius 3 is 2.60 bits per heavy atom. The molecule has 1 heterocycles. The molecule has 15 heavy (non-hydrogen) atoms. The molecule has 1 unspecified atom stereocenters. The third-order valence-corrected chi connectivity index (χ3v) is 1.65. The van der Waals surface area contributed by atoms with Gasteiger partial charge >= 0.3 is 0 Å². The Balaban J connectivity index is 0.000000336. The zero-order valence-corrected chi connectivity index (χ0v) is 8.95. The minimum Gasteiger partial charge on any atom is -0.422 e. The summed E-state index contributed by atoms with van der Waals surface area (Å²) in [5, 5.41) is 14.9. The van der Waals surface area contributed by atoms with Gasteiger partial charge in [-0.1, -0.05) is 0 Å². The van der Waals surface area contributed by atoms with Crippen molar-refractivity contribution in [2.75, 3.05) is 7.11 Å². The summed E-state index contributed by atoms with van der Waals surface area (Å²) in [6, 6.07) is 1.28. The van der Waals surface area contributed by atoms with Crippen LogP contribution >= 0.6 is 0 Å². The van der Waals surface area contributed by atoms with E-state index in [0.29, 0.717) is 0 Å². The number of methoxy groups -OCH3 is 1. The number of aryl methyl sites for hydroxylation is 1. The summed E-state index contributed by atoms with van der Waals surface area (Å²) in [4.78, 5) is 2.58. The molecule has 6 nitrogen and oxygen atoms in total. The molecule has 0 amide bonds. The van der Waals surface area contributed by atoms with E-state index in [1.807, 2.05) is 41.8 Å². The standard InChI is InChI=1S/C7H13N2O.C2N3/c1-7(10-3)9-5-4-8(2)6-9;3-1-5-2-4/h4-7H,1-3H3;/q+1;-1. The summed E-state index contributed by atoms with van der Waals surface area (Å²) in [6.07, 6.45) is 7.35. The monoisotopic (exact) mass is 207 g/mol. The maximum Gasteiger partial charge on any atom is 0.245 e. The first-order chi connectivity index (χ1) is 7.15. The van der Waals surface area contributed by atoms with Gasteiger partial charge in [-0.3, -0.25) is 0 Å². The van der Waals surface area contributed by atoms with Crippen LogP contribution in [0, 0.1) is 11.5 Å². The summed E-state index contributed by atoms with van der Waals surface area (Å²) in [5.74, 6) is 0. The Morgan fingerprint density at radius 1 is 1.67 bits per heavy atom. The quantitative estimate of drug-likeness (QED) is 0.406. The van der Waals surface area contributed by atoms with Gasteiger partial charge in [0.25, 0.3) is 0 Å². The summed E-state index contributed by atoms with van der Waals surface area (Å²) in [6.45, 7) is 2.00. The molecule has 1 aromatic rings. The van der Waals surface area contributed by atoms with Crippen LogP contribution in [-0.2, 0) is 11.8 Å². The Kier molecular flexibility index (Phi) is 6.47. The summed E-state index contributed by atoms with van der Waals surface area (Å²) in [5.41, 5.74) is 0. The third kappa shape index (κ3) is 5.37. The van der Waals surface area contributed by atoms with Crippen LogP contribution in [0.2, 0.25) is 0 Å². The molecule has 0 spiro atoms. The van der Waals surface area contributed by atoms with E-state index in [2.05, 4.69) is 4.99 Å². The SMILES string of the molecule is COC(C)n1cc[n+](C)c1.N#CN=C=[N-]. The molecule has 0 saturated heterocycles. The highest BCUT2D eigenvalue weighted by Crippen LogP contribution is 2.01. The smallest absolute Gasteiger partial charge is 0.245 e. The minimum atomic E-state index is 0.126. The molecule has 1 rings (SSSR count). The second-order valence-electron chi connectivity index (χ2n) is 2.67. The minimum absolute atomic E-state index is 0.126. The van der Waals surface area contributed by atoms with Crippen LogP contribution in [-0.4, -0.2) is 17.7 Å². The summed E-state index contributed by atoms with van der Waals surface area (Å²) >= 11 is 0. The Morgan fingerprint density at radius 2 is 2.33 bits per heavy atom. The molecule has 6 heteroatoms. The molecule has 0 aliphatic carbocycles. The highest BCUT2D eigenvalue weighted by molar-refractivity contribution is 5.46. The number of rotatable bonds is 2. The van der Waals surface area contributed by atoms with Crippen molar-refractivity contribution in [3.63, 3.8) is 0 Å². The van der Waals surface area contributed by atoms with Gasteiger partial charge in [-0.05, 0) is 0 Å². The average Bonchev–Trinajstić information content (AvgIpc) is 2.66. The van der Waals surface area contributed by atoms with Crippen LogP contribution in [0.1, 0.15) is 13.2 Å². The maximum absolute atomic E-state index is 7.43. The van der Waals surface area contributed by atoms with Crippen LogP contribution in [0.15, 0.2) is 23.7 Å². The number of hydrogen-bond donors (Lipinski definition) is 0. The van der Waals surface area contributed by atoms with Gasteiger partial charge in [0.1, 0.15) is 12.4 Å². The molecule has 0 bridgehead atoms. The van der Waals surface area contributed by atoms with Crippen molar-refractivity contribution in [3.05, 3.63) is 24.1 Å². The number of hydrogen-bond acceptors (Lipinski definition) is 3. The second-order valence-corrected chi connectivity index (χ2v) is 2.67. The van der Waals surface area contributed by atoms with Crippen LogP contribution in [0.5, 0.6) is 0 Å². The predicted octanol–water partition coefficient (Wildman–Crippen LogP) is 0.688. The number of imidazole rings is 1. The van der Waals surface area contributed by atoms with Gasteiger partial charge in [0.2, 0.25) is 6.33 Å². The van der Waals surface area contributed by atoms with E-state index in [-0.39, 0.29) is 6.23 Å². The normalized spacial score (nSPS) is 10.3. The number of aromatic nitrogens is 2. The fraction of sp³-hybridized carbons (Fsp3) is 0.444. The molecule has 1 atom stereocenters. The molecule has 0 N–H and O–H groups in total. The fourth-order valence-corrected chi connectivity index (χ4v) is 0.829. The van der Waals surface area contributed by atoms with E-state index in [1.165, 1.54) is 12.2 Å². The third-order valence-electron chi connectivity index (χ3n) is 1.65. The van der Waals surface area contributed by atoms with Crippen molar-refractivity contribution < 1.29 is 9.30 Å². The molecule has 0 aliphatic rings. The van der Waals surface area contributed by atoms with Crippen molar-refractivity contribution in [1.29, 1.82) is 5.26 Å². The van der Waals surface area contributed by atoms with Crippen molar-refractivity contribution in [2.24, 2.45) is 12.0 Å². The molecule has 0 aromatic carbocycles. The van der Waals surface area contributed by atoms with E-state index in [4.69, 9.17) is 15.4 Å². The lowest BCUT2D eigenvalue weighted by molar-refractivity contribution is -0.671. The van der Waals surface area contributed by atoms with Gasteiger partial charge in [-0.2, -0.15) is 5.26 Å². The fourth-order valence-electron chi connectivity index (χ4n) is 0.829. The lowest BCUT2D eigenvalue weighted by Crippen LogP contribution is -2.24. The molecular weight excluding hydrogens is 194 g/mol. The molecule has 0 saturated carbocycles. The average molecular weight is 207 g/mol. The van der Waals surface area contributed by atoms with Gasteiger partial charge < -0.3 is 15.1 Å². The zero-order chi connectivity index (χ0) is 11.7. The van der Waals surface area contributed by atoms with Crippen molar-refractivity contribution >= 4 is 6.01 Å². The molecular formula is C9H13N5O. The van der Waals surface area contributed by atoms with E-state index < -0.39 is 0 Å². The lowest BCUT2D eigenvalue weighted by Gasteiger charge is -2.02. The first-order valence-corrected chi connectivity index (χ1v) is 4.19. The van der Waals surface area contributed by atoms with Gasteiger partial charge in [0.15, 0.2) is 6.23 Å². The zero-order valence-electron chi connectivity index (χ0n) is 8.95. The van der Waals surface area contributed by atoms with Crippen molar-refractivity contribution in [3.8, 4) is 6.19 Å². The van der Waals surface area contributed by atoms with E-state index in [9.17, 15) is 0 Å². The molecule has 0 aliphatic heterocycles. The second kappa shape index (κ2) is 7.44. The van der Waals surface area contributed by atoms with Crippen LogP contribution in [0.3, 0.4) is 0 Å². The highest BCUT2D eigenvalue weighted by Gasteiger charge is 2.06. The summed E-state index contributed by atoms with van der Waals surface area (Å²) in [7, 11) is 3.68. The Hall–Kier alpha value is -1.96. The van der Waals surface area contributed by atoms with Gasteiger partial charge in [-0.25, -0.2) is 9.13 Å². The molecule has 80 valence electrons. The van der Waals surface area contributed by atoms with Crippen LogP contribution in [0.25, 0.3) is 5.41 Å². The topological polar surface area (TPSA) is 76.5 Å². The van der Waals surface area contributed by atoms with Crippen molar-refractivity contribution in [1.82, 2.24) is 4.57 Å². The Bertz CT molecular complexity index is 372. The summed E-state index contributed by atoms with van der Waals surface area (Å²) < 4.78 is 9.08. The van der Waals surface area contributed by atoms with E-state index >= 15 is 0 Å². The number of aliphatic imine (C=N–C) groups is 1. The number of ether oxygens (including phenoxy) is 1. The first kappa shape index (κ1) is 13.0. The Labute approximate surface area is 88.6 Å². The van der Waals surface area contributed by atoms with Gasteiger partial charge in [-0.15, -0.1) is 6.01 Å². The van der Waals surface area contributed by atoms with E-state index in [0.717, 1.165) is 0 Å². The molecule has 0 radical (unpaired) electrons. The van der Waals surface area contributed by atoms with E-state index in [1.54, 1.807) is 7.11 Å². The highest BCUT2D eigenvalue weighted by atomic mass is 16.5. The number of nitrogens with zero attached hydrogens (tertiary/aromatic N) is 5. The van der Waals surface area contributed by atoms with Crippen LogP contribution in [0.4, 0.5) is 0 Å². The lowest BCUT2D eigenvalue weighted by atomic mass is 10.6. The van der Waals surface area contributed by atoms with Crippen molar-refractivity contribution in [2.45, 2.75) is 13.2 Å².